The minimum absolute atomic E-state index is 0.217. The molecule has 2 rings (SSSR count). The first kappa shape index (κ1) is 16.2. The van der Waals surface area contributed by atoms with E-state index in [0.29, 0.717) is 6.54 Å². The Morgan fingerprint density at radius 1 is 1.24 bits per heavy atom. The molecule has 0 amide bonds. The van der Waals surface area contributed by atoms with E-state index >= 15 is 0 Å². The van der Waals surface area contributed by atoms with Crippen molar-refractivity contribution < 1.29 is 9.31 Å². The van der Waals surface area contributed by atoms with Crippen molar-refractivity contribution in [2.45, 2.75) is 44.9 Å². The summed E-state index contributed by atoms with van der Waals surface area (Å²) in [5.41, 5.74) is 12.5. The number of pyridine rings is 1. The van der Waals surface area contributed by atoms with E-state index in [9.17, 15) is 0 Å². The fourth-order valence-corrected chi connectivity index (χ4v) is 2.01. The van der Waals surface area contributed by atoms with E-state index in [1.54, 1.807) is 6.20 Å². The molecule has 1 aliphatic heterocycles. The third-order valence-electron chi connectivity index (χ3n) is 4.16. The molecule has 21 heavy (non-hydrogen) atoms. The van der Waals surface area contributed by atoms with Gasteiger partial charge in [0.05, 0.1) is 22.9 Å². The van der Waals surface area contributed by atoms with E-state index in [4.69, 9.17) is 20.8 Å². The van der Waals surface area contributed by atoms with Gasteiger partial charge in [-0.1, -0.05) is 18.1 Å². The maximum absolute atomic E-state index is 5.90. The van der Waals surface area contributed by atoms with E-state index in [1.807, 2.05) is 51.9 Å². The number of nitrogens with zero attached hydrogens (tertiary/aromatic N) is 1. The minimum Gasteiger partial charge on any atom is -0.400 e. The van der Waals surface area contributed by atoms with Crippen molar-refractivity contribution in [1.29, 1.82) is 0 Å². The van der Waals surface area contributed by atoms with Crippen LogP contribution < -0.4 is 11.5 Å². The second-order valence-electron chi connectivity index (χ2n) is 6.34. The van der Waals surface area contributed by atoms with Gasteiger partial charge in [-0.15, -0.1) is 0 Å². The molecule has 4 N–H and O–H groups in total. The molecule has 0 spiro atoms. The molecule has 1 aromatic rings. The van der Waals surface area contributed by atoms with Crippen LogP contribution in [-0.2, 0) is 9.31 Å². The highest BCUT2D eigenvalue weighted by Crippen LogP contribution is 2.36. The molecule has 0 aromatic carbocycles. The highest BCUT2D eigenvalue weighted by Gasteiger charge is 2.49. The lowest BCUT2D eigenvalue weighted by molar-refractivity contribution is 0.00578. The SMILES string of the molecule is CC1(C)OB(/C=C/c2ccc([C@H](N)CN)nc2)OC1(C)C. The van der Waals surface area contributed by atoms with Gasteiger partial charge in [0, 0.05) is 12.7 Å². The fourth-order valence-electron chi connectivity index (χ4n) is 2.01. The summed E-state index contributed by atoms with van der Waals surface area (Å²) in [7, 11) is -0.346. The summed E-state index contributed by atoms with van der Waals surface area (Å²) in [6.07, 6.45) is 3.71. The van der Waals surface area contributed by atoms with Crippen molar-refractivity contribution in [1.82, 2.24) is 4.98 Å². The summed E-state index contributed by atoms with van der Waals surface area (Å²) >= 11 is 0. The van der Waals surface area contributed by atoms with Crippen molar-refractivity contribution >= 4 is 13.2 Å². The Kier molecular flexibility index (Phi) is 4.53. The average Bonchev–Trinajstić information content (AvgIpc) is 2.64. The zero-order chi connectivity index (χ0) is 15.7. The monoisotopic (exact) mass is 289 g/mol. The maximum atomic E-state index is 5.90. The molecule has 5 nitrogen and oxygen atoms in total. The molecule has 0 unspecified atom stereocenters. The minimum atomic E-state index is -0.346. The smallest absolute Gasteiger partial charge is 0.400 e. The summed E-state index contributed by atoms with van der Waals surface area (Å²) in [5, 5.41) is 0. The highest BCUT2D eigenvalue weighted by molar-refractivity contribution is 6.52. The zero-order valence-electron chi connectivity index (χ0n) is 13.2. The molecule has 6 heteroatoms. The molecule has 1 saturated heterocycles. The summed E-state index contributed by atoms with van der Waals surface area (Å²) in [6.45, 7) is 8.52. The first-order chi connectivity index (χ1) is 9.75. The van der Waals surface area contributed by atoms with E-state index in [1.165, 1.54) is 0 Å². The van der Waals surface area contributed by atoms with Crippen LogP contribution in [0.1, 0.15) is 45.0 Å². The number of aromatic nitrogens is 1. The first-order valence-electron chi connectivity index (χ1n) is 7.20. The summed E-state index contributed by atoms with van der Waals surface area (Å²) in [5.74, 6) is 1.90. The molecule has 1 fully saturated rings. The predicted molar refractivity (Wildman–Crippen MR) is 85.3 cm³/mol. The second kappa shape index (κ2) is 5.89. The number of hydrogen-bond donors (Lipinski definition) is 2. The largest absolute Gasteiger partial charge is 0.487 e. The molecule has 114 valence electrons. The topological polar surface area (TPSA) is 83.4 Å². The molecule has 1 aliphatic rings. The van der Waals surface area contributed by atoms with Crippen molar-refractivity contribution in [2.24, 2.45) is 11.5 Å². The fraction of sp³-hybridized carbons (Fsp3) is 0.533. The molecular formula is C15H24BN3O2. The molecule has 0 aliphatic carbocycles. The Morgan fingerprint density at radius 3 is 2.33 bits per heavy atom. The van der Waals surface area contributed by atoms with Crippen LogP contribution in [0.15, 0.2) is 24.3 Å². The van der Waals surface area contributed by atoms with Crippen LogP contribution in [0.5, 0.6) is 0 Å². The van der Waals surface area contributed by atoms with E-state index in [0.717, 1.165) is 11.3 Å². The standard InChI is InChI=1S/C15H24BN3O2/c1-14(2)15(3,4)21-16(20-14)8-7-11-5-6-13(19-10-11)12(18)9-17/h5-8,10,12H,9,17-18H2,1-4H3/b8-7+/t12-/m1/s1. The molecule has 2 heterocycles. The lowest BCUT2D eigenvalue weighted by atomic mass is 9.89. The molecule has 0 saturated carbocycles. The number of hydrogen-bond acceptors (Lipinski definition) is 5. The Hall–Kier alpha value is -1.21. The van der Waals surface area contributed by atoms with Crippen molar-refractivity contribution in [3.63, 3.8) is 0 Å². The Balaban J connectivity index is 2.03. The molecule has 1 atom stereocenters. The lowest BCUT2D eigenvalue weighted by Gasteiger charge is -2.32. The second-order valence-corrected chi connectivity index (χ2v) is 6.34. The van der Waals surface area contributed by atoms with Crippen LogP contribution in [0, 0.1) is 0 Å². The van der Waals surface area contributed by atoms with Crippen LogP contribution in [0.4, 0.5) is 0 Å². The van der Waals surface area contributed by atoms with Gasteiger partial charge in [-0.25, -0.2) is 0 Å². The summed E-state index contributed by atoms with van der Waals surface area (Å²) in [6, 6.07) is 3.63. The molecular weight excluding hydrogens is 265 g/mol. The van der Waals surface area contributed by atoms with Crippen LogP contribution >= 0.6 is 0 Å². The first-order valence-corrected chi connectivity index (χ1v) is 7.20. The third kappa shape index (κ3) is 3.52. The van der Waals surface area contributed by atoms with Gasteiger partial charge in [-0.2, -0.15) is 0 Å². The summed E-state index contributed by atoms with van der Waals surface area (Å²) < 4.78 is 11.8. The van der Waals surface area contributed by atoms with Gasteiger partial charge < -0.3 is 20.8 Å². The average molecular weight is 289 g/mol. The Labute approximate surface area is 126 Å². The van der Waals surface area contributed by atoms with E-state index in [2.05, 4.69) is 4.98 Å². The van der Waals surface area contributed by atoms with Crippen molar-refractivity contribution in [2.75, 3.05) is 6.54 Å². The quantitative estimate of drug-likeness (QED) is 0.824. The number of nitrogens with two attached hydrogens (primary N) is 2. The highest BCUT2D eigenvalue weighted by atomic mass is 16.7. The van der Waals surface area contributed by atoms with Gasteiger partial charge in [0.15, 0.2) is 0 Å². The van der Waals surface area contributed by atoms with Crippen LogP contribution in [0.25, 0.3) is 6.08 Å². The molecule has 1 aromatic heterocycles. The number of rotatable bonds is 4. The zero-order valence-corrected chi connectivity index (χ0v) is 13.2. The van der Waals surface area contributed by atoms with Gasteiger partial charge in [0.1, 0.15) is 0 Å². The maximum Gasteiger partial charge on any atom is 0.487 e. The van der Waals surface area contributed by atoms with Gasteiger partial charge in [-0.05, 0) is 39.3 Å². The van der Waals surface area contributed by atoms with E-state index in [-0.39, 0.29) is 24.4 Å². The van der Waals surface area contributed by atoms with E-state index < -0.39 is 0 Å². The van der Waals surface area contributed by atoms with Gasteiger partial charge in [0.25, 0.3) is 0 Å². The van der Waals surface area contributed by atoms with Crippen molar-refractivity contribution in [3.8, 4) is 0 Å². The molecule has 0 radical (unpaired) electrons. The van der Waals surface area contributed by atoms with Crippen molar-refractivity contribution in [3.05, 3.63) is 35.6 Å². The van der Waals surface area contributed by atoms with Gasteiger partial charge in [-0.3, -0.25) is 4.98 Å². The Bertz CT molecular complexity index is 498. The third-order valence-corrected chi connectivity index (χ3v) is 4.16. The van der Waals surface area contributed by atoms with Crippen LogP contribution in [-0.4, -0.2) is 29.8 Å². The summed E-state index contributed by atoms with van der Waals surface area (Å²) in [4.78, 5) is 4.31. The lowest BCUT2D eigenvalue weighted by Crippen LogP contribution is -2.41. The van der Waals surface area contributed by atoms with Crippen LogP contribution in [0.2, 0.25) is 0 Å². The predicted octanol–water partition coefficient (Wildman–Crippen LogP) is 1.68. The molecule has 0 bridgehead atoms. The Morgan fingerprint density at radius 2 is 1.86 bits per heavy atom. The van der Waals surface area contributed by atoms with Crippen LogP contribution in [0.3, 0.4) is 0 Å². The normalized spacial score (nSPS) is 21.9. The van der Waals surface area contributed by atoms with Gasteiger partial charge >= 0.3 is 7.12 Å². The van der Waals surface area contributed by atoms with Gasteiger partial charge in [0.2, 0.25) is 0 Å².